The van der Waals surface area contributed by atoms with Crippen molar-refractivity contribution >= 4 is 17.5 Å². The molecule has 0 aliphatic carbocycles. The molecule has 0 bridgehead atoms. The van der Waals surface area contributed by atoms with Crippen molar-refractivity contribution < 1.29 is 9.21 Å². The highest BCUT2D eigenvalue weighted by atomic mass is 35.5. The zero-order valence-corrected chi connectivity index (χ0v) is 18.1. The number of amides is 1. The van der Waals surface area contributed by atoms with Gasteiger partial charge in [-0.3, -0.25) is 18.7 Å². The Morgan fingerprint density at radius 3 is 2.77 bits per heavy atom. The largest absolute Gasteiger partial charge is 0.445 e. The number of benzene rings is 1. The third-order valence-corrected chi connectivity index (χ3v) is 6.07. The minimum atomic E-state index is -0.527. The van der Waals surface area contributed by atoms with Gasteiger partial charge in [-0.25, -0.2) is 9.78 Å². The van der Waals surface area contributed by atoms with E-state index in [1.165, 1.54) is 24.7 Å². The second-order valence-electron chi connectivity index (χ2n) is 7.79. The molecule has 0 N–H and O–H groups in total. The molecule has 9 heteroatoms. The fourth-order valence-corrected chi connectivity index (χ4v) is 4.09. The van der Waals surface area contributed by atoms with Crippen LogP contribution in [0.15, 0.2) is 50.5 Å². The highest BCUT2D eigenvalue weighted by Crippen LogP contribution is 2.28. The lowest BCUT2D eigenvalue weighted by Gasteiger charge is -2.31. The molecule has 4 rings (SSSR count). The zero-order valence-electron chi connectivity index (χ0n) is 17.4. The Bertz CT molecular complexity index is 1240. The number of carbonyl (C=O) groups excluding carboxylic acids is 1. The van der Waals surface area contributed by atoms with Gasteiger partial charge in [0.25, 0.3) is 11.5 Å². The first-order valence-electron chi connectivity index (χ1n) is 10.1. The maximum absolute atomic E-state index is 13.0. The van der Waals surface area contributed by atoms with E-state index in [0.717, 1.165) is 23.0 Å². The van der Waals surface area contributed by atoms with Crippen LogP contribution in [0.1, 0.15) is 46.5 Å². The van der Waals surface area contributed by atoms with Crippen molar-refractivity contribution in [3.8, 4) is 0 Å². The van der Waals surface area contributed by atoms with Gasteiger partial charge in [-0.05, 0) is 24.5 Å². The maximum Gasteiger partial charge on any atom is 0.331 e. The van der Waals surface area contributed by atoms with Crippen LogP contribution in [-0.2, 0) is 20.5 Å². The summed E-state index contributed by atoms with van der Waals surface area (Å²) in [5.41, 5.74) is 0.0118. The number of carbonyl (C=O) groups is 1. The number of piperidine rings is 1. The fraction of sp³-hybridized carbons (Fsp3) is 0.364. The molecular formula is C22H23ClN4O4. The van der Waals surface area contributed by atoms with Crippen LogP contribution in [0.5, 0.6) is 0 Å². The molecule has 2 aromatic heterocycles. The van der Waals surface area contributed by atoms with Gasteiger partial charge in [0, 0.05) is 44.7 Å². The van der Waals surface area contributed by atoms with Crippen molar-refractivity contribution in [2.45, 2.75) is 25.2 Å². The molecule has 1 aliphatic heterocycles. The van der Waals surface area contributed by atoms with E-state index in [1.807, 2.05) is 24.3 Å². The van der Waals surface area contributed by atoms with E-state index in [2.05, 4.69) is 4.98 Å². The second kappa shape index (κ2) is 8.55. The second-order valence-corrected chi connectivity index (χ2v) is 8.20. The smallest absolute Gasteiger partial charge is 0.331 e. The van der Waals surface area contributed by atoms with Crippen LogP contribution in [0.4, 0.5) is 0 Å². The van der Waals surface area contributed by atoms with Crippen LogP contribution < -0.4 is 11.2 Å². The number of halogens is 1. The molecule has 162 valence electrons. The summed E-state index contributed by atoms with van der Waals surface area (Å²) >= 11 is 6.23. The van der Waals surface area contributed by atoms with Gasteiger partial charge in [0.2, 0.25) is 0 Å². The Morgan fingerprint density at radius 2 is 2.00 bits per heavy atom. The molecule has 3 heterocycles. The number of nitrogens with zero attached hydrogens (tertiary/aromatic N) is 4. The lowest BCUT2D eigenvalue weighted by molar-refractivity contribution is 0.0685. The first-order valence-corrected chi connectivity index (χ1v) is 10.5. The van der Waals surface area contributed by atoms with Crippen LogP contribution in [0.2, 0.25) is 5.02 Å². The predicted molar refractivity (Wildman–Crippen MR) is 116 cm³/mol. The summed E-state index contributed by atoms with van der Waals surface area (Å²) in [4.78, 5) is 43.3. The van der Waals surface area contributed by atoms with E-state index in [4.69, 9.17) is 16.0 Å². The van der Waals surface area contributed by atoms with E-state index >= 15 is 0 Å². The Balaban J connectivity index is 1.51. The summed E-state index contributed by atoms with van der Waals surface area (Å²) in [6.45, 7) is 0.959. The molecule has 1 saturated heterocycles. The van der Waals surface area contributed by atoms with Crippen LogP contribution in [0, 0.1) is 0 Å². The predicted octanol–water partition coefficient (Wildman–Crippen LogP) is 2.34. The van der Waals surface area contributed by atoms with Crippen LogP contribution >= 0.6 is 11.6 Å². The molecule has 0 radical (unpaired) electrons. The normalized spacial score (nSPS) is 16.5. The molecule has 1 amide bonds. The Morgan fingerprint density at radius 1 is 1.23 bits per heavy atom. The van der Waals surface area contributed by atoms with Gasteiger partial charge < -0.3 is 9.32 Å². The lowest BCUT2D eigenvalue weighted by Crippen LogP contribution is -2.44. The zero-order chi connectivity index (χ0) is 22.1. The molecule has 8 nitrogen and oxygen atoms in total. The minimum Gasteiger partial charge on any atom is -0.445 e. The van der Waals surface area contributed by atoms with E-state index in [9.17, 15) is 14.4 Å². The van der Waals surface area contributed by atoms with E-state index in [0.29, 0.717) is 36.2 Å². The average Bonchev–Trinajstić information content (AvgIpc) is 3.24. The molecule has 1 fully saturated rings. The molecule has 1 aromatic carbocycles. The van der Waals surface area contributed by atoms with Gasteiger partial charge in [0.15, 0.2) is 5.89 Å². The third-order valence-electron chi connectivity index (χ3n) is 5.70. The van der Waals surface area contributed by atoms with Crippen molar-refractivity contribution in [3.63, 3.8) is 0 Å². The van der Waals surface area contributed by atoms with Crippen LogP contribution in [-0.4, -0.2) is 38.0 Å². The number of rotatable bonds is 4. The van der Waals surface area contributed by atoms with Gasteiger partial charge >= 0.3 is 5.69 Å². The molecule has 1 atom stereocenters. The molecule has 31 heavy (non-hydrogen) atoms. The number of aromatic nitrogens is 3. The van der Waals surface area contributed by atoms with Crippen molar-refractivity contribution in [2.75, 3.05) is 13.1 Å². The number of hydrogen-bond donors (Lipinski definition) is 0. The molecular weight excluding hydrogens is 420 g/mol. The molecule has 1 aliphatic rings. The van der Waals surface area contributed by atoms with Crippen LogP contribution in [0.3, 0.4) is 0 Å². The monoisotopic (exact) mass is 442 g/mol. The minimum absolute atomic E-state index is 0.0544. The Hall–Kier alpha value is -3.13. The van der Waals surface area contributed by atoms with Gasteiger partial charge in [-0.2, -0.15) is 0 Å². The van der Waals surface area contributed by atoms with E-state index < -0.39 is 11.2 Å². The van der Waals surface area contributed by atoms with Crippen molar-refractivity contribution in [1.29, 1.82) is 0 Å². The van der Waals surface area contributed by atoms with Gasteiger partial charge in [-0.1, -0.05) is 29.8 Å². The molecule has 1 unspecified atom stereocenters. The summed E-state index contributed by atoms with van der Waals surface area (Å²) in [7, 11) is 2.88. The van der Waals surface area contributed by atoms with Crippen molar-refractivity contribution in [2.24, 2.45) is 14.1 Å². The van der Waals surface area contributed by atoms with E-state index in [1.54, 1.807) is 11.1 Å². The fourth-order valence-electron chi connectivity index (χ4n) is 3.89. The first kappa shape index (κ1) is 21.1. The highest BCUT2D eigenvalue weighted by Gasteiger charge is 2.30. The van der Waals surface area contributed by atoms with Gasteiger partial charge in [0.05, 0.1) is 12.1 Å². The quantitative estimate of drug-likeness (QED) is 0.618. The number of oxazole rings is 1. The highest BCUT2D eigenvalue weighted by molar-refractivity contribution is 6.31. The third kappa shape index (κ3) is 4.20. The molecule has 3 aromatic rings. The molecule has 0 spiro atoms. The van der Waals surface area contributed by atoms with Gasteiger partial charge in [-0.15, -0.1) is 0 Å². The number of likely N-dealkylation sites (tertiary alicyclic amines) is 1. The summed E-state index contributed by atoms with van der Waals surface area (Å²) in [6, 6.07) is 8.79. The number of hydrogen-bond acceptors (Lipinski definition) is 5. The Kier molecular flexibility index (Phi) is 5.82. The SMILES string of the molecule is Cn1c(C(=O)N2CCCC(c3ncc(Cc4ccccc4Cl)o3)C2)cc(=O)n(C)c1=O. The standard InChI is InChI=1S/C22H23ClN4O4/c1-25-18(11-19(28)26(2)22(25)30)21(29)27-9-5-7-15(13-27)20-24-12-16(31-20)10-14-6-3-4-8-17(14)23/h3-4,6,8,11-12,15H,5,7,9-10,13H2,1-2H3. The van der Waals surface area contributed by atoms with Gasteiger partial charge in [0.1, 0.15) is 11.5 Å². The maximum atomic E-state index is 13.0. The first-order chi connectivity index (χ1) is 14.8. The summed E-state index contributed by atoms with van der Waals surface area (Å²) in [6.07, 6.45) is 3.85. The Labute approximate surface area is 183 Å². The molecule has 0 saturated carbocycles. The lowest BCUT2D eigenvalue weighted by atomic mass is 9.97. The topological polar surface area (TPSA) is 90.3 Å². The van der Waals surface area contributed by atoms with E-state index in [-0.39, 0.29) is 17.5 Å². The summed E-state index contributed by atoms with van der Waals surface area (Å²) < 4.78 is 8.16. The van der Waals surface area contributed by atoms with Crippen molar-refractivity contribution in [1.82, 2.24) is 19.0 Å². The average molecular weight is 443 g/mol. The summed E-state index contributed by atoms with van der Waals surface area (Å²) in [5, 5.41) is 0.675. The van der Waals surface area contributed by atoms with Crippen LogP contribution in [0.25, 0.3) is 0 Å². The van der Waals surface area contributed by atoms with Crippen molar-refractivity contribution in [3.05, 3.63) is 85.3 Å². The summed E-state index contributed by atoms with van der Waals surface area (Å²) in [5.74, 6) is 0.893.